The van der Waals surface area contributed by atoms with Crippen LogP contribution in [0.4, 0.5) is 5.69 Å². The van der Waals surface area contributed by atoms with Crippen LogP contribution in [0.5, 0.6) is 11.5 Å². The van der Waals surface area contributed by atoms with E-state index >= 15 is 0 Å². The molecule has 1 N–H and O–H groups in total. The average Bonchev–Trinajstić information content (AvgIpc) is 2.71. The Labute approximate surface area is 170 Å². The zero-order valence-electron chi connectivity index (χ0n) is 17.2. The molecule has 3 aromatic rings. The number of benzene rings is 2. The minimum absolute atomic E-state index is 0.371. The van der Waals surface area contributed by atoms with Gasteiger partial charge in [0.25, 0.3) is 0 Å². The molecule has 152 valence electrons. The number of ether oxygens (including phenoxy) is 2. The third-order valence-corrected chi connectivity index (χ3v) is 5.34. The van der Waals surface area contributed by atoms with E-state index in [0.29, 0.717) is 34.7 Å². The number of nitrogens with zero attached hydrogens (tertiary/aromatic N) is 1. The van der Waals surface area contributed by atoms with Gasteiger partial charge in [0.1, 0.15) is 5.58 Å². The molecule has 0 saturated carbocycles. The van der Waals surface area contributed by atoms with Crippen molar-refractivity contribution in [2.24, 2.45) is 0 Å². The highest BCUT2D eigenvalue weighted by molar-refractivity contribution is 5.85. The van der Waals surface area contributed by atoms with Crippen LogP contribution >= 0.6 is 0 Å². The van der Waals surface area contributed by atoms with Crippen LogP contribution in [0.1, 0.15) is 13.8 Å². The molecule has 6 nitrogen and oxygen atoms in total. The van der Waals surface area contributed by atoms with E-state index in [-0.39, 0.29) is 5.63 Å². The molecule has 0 spiro atoms. The number of hydrogen-bond acceptors (Lipinski definition) is 6. The number of anilines is 1. The fourth-order valence-electron chi connectivity index (χ4n) is 4.04. The van der Waals surface area contributed by atoms with Crippen LogP contribution in [0.3, 0.4) is 0 Å². The first-order valence-corrected chi connectivity index (χ1v) is 9.80. The quantitative estimate of drug-likeness (QED) is 0.682. The van der Waals surface area contributed by atoms with E-state index in [1.807, 2.05) is 24.3 Å². The van der Waals surface area contributed by atoms with Crippen LogP contribution in [0.25, 0.3) is 22.1 Å². The van der Waals surface area contributed by atoms with Crippen molar-refractivity contribution >= 4 is 16.7 Å². The minimum Gasteiger partial charge on any atom is -0.493 e. The Morgan fingerprint density at radius 3 is 2.38 bits per heavy atom. The van der Waals surface area contributed by atoms with Crippen molar-refractivity contribution in [2.45, 2.75) is 25.9 Å². The standard InChI is InChI=1S/C23H26N2O4/c1-14-12-25(13-15(2)24-14)18-7-5-17-9-19(23(26)29-21(17)11-18)16-6-8-20(27-3)22(10-16)28-4/h5-11,14-15,24H,12-13H2,1-4H3. The van der Waals surface area contributed by atoms with Gasteiger partial charge in [-0.15, -0.1) is 0 Å². The average molecular weight is 394 g/mol. The number of rotatable bonds is 4. The maximum atomic E-state index is 12.7. The monoisotopic (exact) mass is 394 g/mol. The molecule has 1 aliphatic heterocycles. The van der Waals surface area contributed by atoms with Gasteiger partial charge >= 0.3 is 5.63 Å². The molecule has 2 atom stereocenters. The summed E-state index contributed by atoms with van der Waals surface area (Å²) in [7, 11) is 3.16. The van der Waals surface area contributed by atoms with Crippen LogP contribution in [0.2, 0.25) is 0 Å². The normalized spacial score (nSPS) is 19.4. The maximum absolute atomic E-state index is 12.7. The van der Waals surface area contributed by atoms with Crippen molar-refractivity contribution in [3.8, 4) is 22.6 Å². The molecule has 2 unspecified atom stereocenters. The molecule has 2 aromatic carbocycles. The molecule has 1 aliphatic rings. The Bertz CT molecular complexity index is 1080. The van der Waals surface area contributed by atoms with Gasteiger partial charge in [-0.05, 0) is 49.7 Å². The van der Waals surface area contributed by atoms with Crippen molar-refractivity contribution in [2.75, 3.05) is 32.2 Å². The summed E-state index contributed by atoms with van der Waals surface area (Å²) in [6, 6.07) is 14.2. The molecule has 29 heavy (non-hydrogen) atoms. The molecule has 0 bridgehead atoms. The van der Waals surface area contributed by atoms with Crippen molar-refractivity contribution in [3.05, 3.63) is 52.9 Å². The SMILES string of the molecule is COc1ccc(-c2cc3ccc(N4CC(C)NC(C)C4)cc3oc2=O)cc1OC. The molecule has 0 amide bonds. The van der Waals surface area contributed by atoms with Gasteiger partial charge in [-0.1, -0.05) is 6.07 Å². The molecule has 6 heteroatoms. The third-order valence-electron chi connectivity index (χ3n) is 5.34. The molecular weight excluding hydrogens is 368 g/mol. The molecule has 1 aromatic heterocycles. The largest absolute Gasteiger partial charge is 0.493 e. The van der Waals surface area contributed by atoms with Crippen molar-refractivity contribution in [1.29, 1.82) is 0 Å². The van der Waals surface area contributed by atoms with Gasteiger partial charge in [0.15, 0.2) is 11.5 Å². The first-order valence-electron chi connectivity index (χ1n) is 9.80. The van der Waals surface area contributed by atoms with Gasteiger partial charge in [-0.3, -0.25) is 0 Å². The number of piperazine rings is 1. The maximum Gasteiger partial charge on any atom is 0.344 e. The van der Waals surface area contributed by atoms with Crippen molar-refractivity contribution < 1.29 is 13.9 Å². The van der Waals surface area contributed by atoms with E-state index in [1.165, 1.54) is 0 Å². The lowest BCUT2D eigenvalue weighted by Crippen LogP contribution is -2.54. The molecule has 4 rings (SSSR count). The van der Waals surface area contributed by atoms with Crippen LogP contribution in [-0.2, 0) is 0 Å². The van der Waals surface area contributed by atoms with Gasteiger partial charge < -0.3 is 24.1 Å². The van der Waals surface area contributed by atoms with Gasteiger partial charge in [-0.25, -0.2) is 4.79 Å². The van der Waals surface area contributed by atoms with E-state index in [2.05, 4.69) is 30.1 Å². The van der Waals surface area contributed by atoms with E-state index in [0.717, 1.165) is 29.7 Å². The summed E-state index contributed by atoms with van der Waals surface area (Å²) in [5.74, 6) is 1.19. The fraction of sp³-hybridized carbons (Fsp3) is 0.348. The second-order valence-electron chi connectivity index (χ2n) is 7.61. The summed E-state index contributed by atoms with van der Waals surface area (Å²) in [6.07, 6.45) is 0. The van der Waals surface area contributed by atoms with Gasteiger partial charge in [0.2, 0.25) is 0 Å². The summed E-state index contributed by atoms with van der Waals surface area (Å²) in [5.41, 5.74) is 2.52. The Hall–Kier alpha value is -2.99. The van der Waals surface area contributed by atoms with Gasteiger partial charge in [-0.2, -0.15) is 0 Å². The van der Waals surface area contributed by atoms with Crippen LogP contribution in [0.15, 0.2) is 51.7 Å². The Morgan fingerprint density at radius 2 is 1.69 bits per heavy atom. The summed E-state index contributed by atoms with van der Waals surface area (Å²) >= 11 is 0. The zero-order chi connectivity index (χ0) is 20.5. The van der Waals surface area contributed by atoms with Crippen molar-refractivity contribution in [1.82, 2.24) is 5.32 Å². The Balaban J connectivity index is 1.72. The van der Waals surface area contributed by atoms with E-state index in [4.69, 9.17) is 13.9 Å². The molecule has 1 fully saturated rings. The first-order chi connectivity index (χ1) is 14.0. The summed E-state index contributed by atoms with van der Waals surface area (Å²) in [4.78, 5) is 15.0. The highest BCUT2D eigenvalue weighted by atomic mass is 16.5. The predicted octanol–water partition coefficient (Wildman–Crippen LogP) is 3.66. The smallest absolute Gasteiger partial charge is 0.344 e. The first kappa shape index (κ1) is 19.3. The summed E-state index contributed by atoms with van der Waals surface area (Å²) in [6.45, 7) is 6.20. The second-order valence-corrected chi connectivity index (χ2v) is 7.61. The molecule has 1 saturated heterocycles. The van der Waals surface area contributed by atoms with Crippen LogP contribution in [0, 0.1) is 0 Å². The zero-order valence-corrected chi connectivity index (χ0v) is 17.2. The second kappa shape index (κ2) is 7.79. The lowest BCUT2D eigenvalue weighted by molar-refractivity contribution is 0.355. The van der Waals surface area contributed by atoms with Gasteiger partial charge in [0.05, 0.1) is 19.8 Å². The number of nitrogens with one attached hydrogen (secondary N) is 1. The molecular formula is C23H26N2O4. The van der Waals surface area contributed by atoms with E-state index < -0.39 is 0 Å². The number of hydrogen-bond donors (Lipinski definition) is 1. The number of fused-ring (bicyclic) bond motifs is 1. The lowest BCUT2D eigenvalue weighted by atomic mass is 10.0. The molecule has 0 aliphatic carbocycles. The van der Waals surface area contributed by atoms with E-state index in [9.17, 15) is 4.79 Å². The fourth-order valence-corrected chi connectivity index (χ4v) is 4.04. The number of methoxy groups -OCH3 is 2. The minimum atomic E-state index is -0.371. The topological polar surface area (TPSA) is 63.9 Å². The predicted molar refractivity (Wildman–Crippen MR) is 115 cm³/mol. The summed E-state index contributed by atoms with van der Waals surface area (Å²) < 4.78 is 16.3. The highest BCUT2D eigenvalue weighted by Crippen LogP contribution is 2.32. The van der Waals surface area contributed by atoms with Gasteiger partial charge in [0, 0.05) is 42.3 Å². The lowest BCUT2D eigenvalue weighted by Gasteiger charge is -2.37. The Morgan fingerprint density at radius 1 is 0.966 bits per heavy atom. The van der Waals surface area contributed by atoms with E-state index in [1.54, 1.807) is 26.4 Å². The van der Waals surface area contributed by atoms with Crippen LogP contribution in [-0.4, -0.2) is 39.4 Å². The molecule has 2 heterocycles. The highest BCUT2D eigenvalue weighted by Gasteiger charge is 2.21. The summed E-state index contributed by atoms with van der Waals surface area (Å²) in [5, 5.41) is 4.42. The Kier molecular flexibility index (Phi) is 5.20. The third kappa shape index (κ3) is 3.80. The molecule has 0 radical (unpaired) electrons. The van der Waals surface area contributed by atoms with Crippen LogP contribution < -0.4 is 25.3 Å². The van der Waals surface area contributed by atoms with Crippen molar-refractivity contribution in [3.63, 3.8) is 0 Å².